The van der Waals surface area contributed by atoms with Crippen molar-refractivity contribution in [3.05, 3.63) is 130 Å². The predicted molar refractivity (Wildman–Crippen MR) is 164 cm³/mol. The smallest absolute Gasteiger partial charge is 0.155 e. The number of rotatable bonds is 5. The standard InChI is InChI=1S/C17H13ClFN3.C16H12ClN3/c18-16-9-4-10-22-12-15(21-17(16)22)6-2-1-5-13-7-3-8-14(11-19)20-13;17-15-9-5-11-20-12-14(19-16(15)20)8-2-1-6-13-7-3-4-10-18-13/h3-4,7-10,12H,2,6,11H2;3-5,7,9-12H,2,8H2. The first kappa shape index (κ1) is 28.8. The molecule has 9 heteroatoms. The van der Waals surface area contributed by atoms with E-state index in [2.05, 4.69) is 43.6 Å². The van der Waals surface area contributed by atoms with Crippen LogP contribution in [0.25, 0.3) is 11.3 Å². The van der Waals surface area contributed by atoms with E-state index in [-0.39, 0.29) is 0 Å². The van der Waals surface area contributed by atoms with Crippen molar-refractivity contribution in [1.82, 2.24) is 28.7 Å². The van der Waals surface area contributed by atoms with Crippen LogP contribution in [0.2, 0.25) is 10.0 Å². The fourth-order valence-electron chi connectivity index (χ4n) is 4.05. The third kappa shape index (κ3) is 7.73. The summed E-state index contributed by atoms with van der Waals surface area (Å²) in [6.45, 7) is -0.572. The van der Waals surface area contributed by atoms with Crippen molar-refractivity contribution in [1.29, 1.82) is 0 Å². The highest BCUT2D eigenvalue weighted by atomic mass is 35.5. The van der Waals surface area contributed by atoms with Gasteiger partial charge in [0.2, 0.25) is 0 Å². The van der Waals surface area contributed by atoms with Gasteiger partial charge in [0.15, 0.2) is 11.3 Å². The van der Waals surface area contributed by atoms with E-state index in [9.17, 15) is 4.39 Å². The second kappa shape index (κ2) is 14.3. The Hall–Kier alpha value is -4.69. The maximum absolute atomic E-state index is 12.5. The highest BCUT2D eigenvalue weighted by Crippen LogP contribution is 2.17. The molecule has 0 amide bonds. The van der Waals surface area contributed by atoms with Crippen LogP contribution in [0.4, 0.5) is 4.39 Å². The van der Waals surface area contributed by atoms with Gasteiger partial charge in [-0.15, -0.1) is 0 Å². The lowest BCUT2D eigenvalue weighted by molar-refractivity contribution is 0.476. The molecule has 0 aliphatic rings. The van der Waals surface area contributed by atoms with Crippen molar-refractivity contribution in [3.63, 3.8) is 0 Å². The Kier molecular flexibility index (Phi) is 9.80. The number of halogens is 3. The van der Waals surface area contributed by atoms with Crippen molar-refractivity contribution >= 4 is 34.5 Å². The Morgan fingerprint density at radius 2 is 1.24 bits per heavy atom. The highest BCUT2D eigenvalue weighted by Gasteiger charge is 2.05. The number of aryl methyl sites for hydroxylation is 2. The van der Waals surface area contributed by atoms with Gasteiger partial charge >= 0.3 is 0 Å². The third-order valence-corrected chi connectivity index (χ3v) is 6.61. The quantitative estimate of drug-likeness (QED) is 0.198. The van der Waals surface area contributed by atoms with Crippen molar-refractivity contribution in [2.45, 2.75) is 32.4 Å². The second-order valence-corrected chi connectivity index (χ2v) is 9.92. The molecule has 0 spiro atoms. The lowest BCUT2D eigenvalue weighted by atomic mass is 10.2. The zero-order chi connectivity index (χ0) is 29.1. The molecule has 0 radical (unpaired) electrons. The van der Waals surface area contributed by atoms with Crippen molar-refractivity contribution in [2.24, 2.45) is 0 Å². The first-order valence-corrected chi connectivity index (χ1v) is 14.0. The van der Waals surface area contributed by atoms with Gasteiger partial charge < -0.3 is 8.80 Å². The van der Waals surface area contributed by atoms with E-state index in [0.29, 0.717) is 27.9 Å². The van der Waals surface area contributed by atoms with E-state index >= 15 is 0 Å². The lowest BCUT2D eigenvalue weighted by Crippen LogP contribution is -1.89. The lowest BCUT2D eigenvalue weighted by Gasteiger charge is -1.93. The number of imidazole rings is 2. The van der Waals surface area contributed by atoms with Gasteiger partial charge in [-0.2, -0.15) is 0 Å². The number of hydrogen-bond donors (Lipinski definition) is 0. The minimum absolute atomic E-state index is 0.404. The van der Waals surface area contributed by atoms with Crippen LogP contribution < -0.4 is 0 Å². The Balaban J connectivity index is 0.000000169. The average molecular weight is 596 g/mol. The van der Waals surface area contributed by atoms with Crippen LogP contribution in [0, 0.1) is 23.7 Å². The fourth-order valence-corrected chi connectivity index (χ4v) is 4.47. The Morgan fingerprint density at radius 1 is 0.643 bits per heavy atom. The Morgan fingerprint density at radius 3 is 1.79 bits per heavy atom. The molecular weight excluding hydrogens is 570 g/mol. The molecule has 0 atom stereocenters. The maximum atomic E-state index is 12.5. The molecule has 0 saturated heterocycles. The molecule has 6 aromatic heterocycles. The summed E-state index contributed by atoms with van der Waals surface area (Å²) < 4.78 is 16.4. The monoisotopic (exact) mass is 594 g/mol. The summed E-state index contributed by atoms with van der Waals surface area (Å²) in [7, 11) is 0. The topological polar surface area (TPSA) is 60.4 Å². The van der Waals surface area contributed by atoms with Crippen molar-refractivity contribution in [2.75, 3.05) is 0 Å². The van der Waals surface area contributed by atoms with Gasteiger partial charge in [0.05, 0.1) is 27.1 Å². The van der Waals surface area contributed by atoms with Crippen LogP contribution >= 0.6 is 23.2 Å². The average Bonchev–Trinajstić information content (AvgIpc) is 3.64. The van der Waals surface area contributed by atoms with Crippen molar-refractivity contribution in [3.8, 4) is 23.7 Å². The minimum atomic E-state index is -0.572. The third-order valence-electron chi connectivity index (χ3n) is 6.02. The van der Waals surface area contributed by atoms with Gasteiger partial charge in [0.25, 0.3) is 0 Å². The molecule has 0 unspecified atom stereocenters. The van der Waals surface area contributed by atoms with E-state index in [1.54, 1.807) is 24.4 Å². The summed E-state index contributed by atoms with van der Waals surface area (Å²) in [5, 5.41) is 1.30. The highest BCUT2D eigenvalue weighted by molar-refractivity contribution is 6.33. The number of fused-ring (bicyclic) bond motifs is 2. The van der Waals surface area contributed by atoms with E-state index in [4.69, 9.17) is 23.2 Å². The van der Waals surface area contributed by atoms with Crippen LogP contribution in [0.15, 0.2) is 91.6 Å². The summed E-state index contributed by atoms with van der Waals surface area (Å²) in [5.41, 5.74) is 5.27. The second-order valence-electron chi connectivity index (χ2n) is 9.10. The summed E-state index contributed by atoms with van der Waals surface area (Å²) in [6.07, 6.45) is 12.5. The zero-order valence-corrected chi connectivity index (χ0v) is 24.0. The zero-order valence-electron chi connectivity index (χ0n) is 22.5. The number of hydrogen-bond acceptors (Lipinski definition) is 4. The van der Waals surface area contributed by atoms with Crippen molar-refractivity contribution < 1.29 is 4.39 Å². The molecule has 0 bridgehead atoms. The molecule has 6 rings (SSSR count). The van der Waals surface area contributed by atoms with E-state index in [1.807, 2.05) is 76.1 Å². The molecule has 6 nitrogen and oxygen atoms in total. The molecule has 0 aliphatic heterocycles. The molecule has 0 aromatic carbocycles. The molecule has 0 fully saturated rings. The minimum Gasteiger partial charge on any atom is -0.306 e. The van der Waals surface area contributed by atoms with Crippen LogP contribution in [-0.4, -0.2) is 28.7 Å². The Bertz CT molecular complexity index is 1930. The number of pyridine rings is 4. The molecule has 0 saturated carbocycles. The molecule has 42 heavy (non-hydrogen) atoms. The van der Waals surface area contributed by atoms with Gasteiger partial charge in [-0.25, -0.2) is 24.3 Å². The summed E-state index contributed by atoms with van der Waals surface area (Å²) in [6, 6.07) is 18.3. The summed E-state index contributed by atoms with van der Waals surface area (Å²) >= 11 is 12.2. The van der Waals surface area contributed by atoms with Crippen LogP contribution in [0.1, 0.15) is 41.3 Å². The summed E-state index contributed by atoms with van der Waals surface area (Å²) in [5.74, 6) is 12.1. The summed E-state index contributed by atoms with van der Waals surface area (Å²) in [4.78, 5) is 17.2. The van der Waals surface area contributed by atoms with E-state index < -0.39 is 6.67 Å². The fraction of sp³-hybridized carbons (Fsp3) is 0.152. The van der Waals surface area contributed by atoms with Gasteiger partial charge in [-0.3, -0.25) is 0 Å². The largest absolute Gasteiger partial charge is 0.306 e. The number of nitrogens with zero attached hydrogens (tertiary/aromatic N) is 6. The van der Waals surface area contributed by atoms with Crippen LogP contribution in [0.3, 0.4) is 0 Å². The van der Waals surface area contributed by atoms with Crippen LogP contribution in [0.5, 0.6) is 0 Å². The molecule has 6 aromatic rings. The molecular formula is C33H25Cl2FN6. The maximum Gasteiger partial charge on any atom is 0.155 e. The SMILES string of the molecule is Clc1cccn2cc(CCC#Cc3ccccn3)nc12.FCc1cccc(C#CCCc2cn3cccc(Cl)c3n2)n1. The van der Waals surface area contributed by atoms with Gasteiger partial charge in [0, 0.05) is 56.7 Å². The van der Waals surface area contributed by atoms with Crippen LogP contribution in [-0.2, 0) is 19.5 Å². The first-order chi connectivity index (χ1) is 20.6. The molecule has 6 heterocycles. The number of alkyl halides is 1. The number of aromatic nitrogens is 6. The molecule has 0 N–H and O–H groups in total. The molecule has 0 aliphatic carbocycles. The molecule has 208 valence electrons. The van der Waals surface area contributed by atoms with Gasteiger partial charge in [-0.1, -0.05) is 47.2 Å². The van der Waals surface area contributed by atoms with Gasteiger partial charge in [-0.05, 0) is 60.4 Å². The normalized spacial score (nSPS) is 10.4. The Labute approximate surface area is 253 Å². The van der Waals surface area contributed by atoms with Gasteiger partial charge in [0.1, 0.15) is 18.1 Å². The van der Waals surface area contributed by atoms with E-state index in [0.717, 1.165) is 47.6 Å². The van der Waals surface area contributed by atoms with E-state index in [1.165, 1.54) is 0 Å². The first-order valence-electron chi connectivity index (χ1n) is 13.2. The predicted octanol–water partition coefficient (Wildman–Crippen LogP) is 7.20.